The molecule has 1 atom stereocenters. The lowest BCUT2D eigenvalue weighted by Gasteiger charge is -2.21. The minimum Gasteiger partial charge on any atom is -0.490 e. The van der Waals surface area contributed by atoms with E-state index in [1.807, 2.05) is 31.0 Å². The Hall–Kier alpha value is -1.29. The number of rotatable bonds is 5. The molecule has 0 aliphatic rings. The molecule has 1 N–H and O–H groups in total. The molecule has 84 valence electrons. The van der Waals surface area contributed by atoms with Crippen LogP contribution in [0, 0.1) is 0 Å². The lowest BCUT2D eigenvalue weighted by molar-refractivity contribution is 0.201. The van der Waals surface area contributed by atoms with Crippen LogP contribution < -0.4 is 9.64 Å². The fraction of sp³-hybridized carbons (Fsp3) is 0.545. The summed E-state index contributed by atoms with van der Waals surface area (Å²) in [7, 11) is 1.89. The van der Waals surface area contributed by atoms with Crippen molar-refractivity contribution in [3.05, 3.63) is 18.3 Å². The predicted octanol–water partition coefficient (Wildman–Crippen LogP) is 1.30. The topological polar surface area (TPSA) is 45.6 Å². The molecule has 1 aromatic heterocycles. The van der Waals surface area contributed by atoms with Crippen molar-refractivity contribution in [3.63, 3.8) is 0 Å². The molecule has 0 aliphatic carbocycles. The van der Waals surface area contributed by atoms with Crippen LogP contribution in [-0.2, 0) is 0 Å². The highest BCUT2D eigenvalue weighted by molar-refractivity contribution is 5.51. The van der Waals surface area contributed by atoms with Crippen LogP contribution in [0.4, 0.5) is 5.82 Å². The second-order valence-electron chi connectivity index (χ2n) is 3.49. The average molecular weight is 210 g/mol. The van der Waals surface area contributed by atoms with Crippen molar-refractivity contribution in [1.82, 2.24) is 4.98 Å². The van der Waals surface area contributed by atoms with Crippen LogP contribution in [0.2, 0.25) is 0 Å². The zero-order chi connectivity index (χ0) is 11.3. The second kappa shape index (κ2) is 5.56. The maximum atomic E-state index is 9.29. The summed E-state index contributed by atoms with van der Waals surface area (Å²) in [4.78, 5) is 6.12. The molecule has 0 amide bonds. The van der Waals surface area contributed by atoms with E-state index in [4.69, 9.17) is 4.74 Å². The van der Waals surface area contributed by atoms with Gasteiger partial charge in [0, 0.05) is 19.8 Å². The number of hydrogen-bond donors (Lipinski definition) is 1. The highest BCUT2D eigenvalue weighted by Crippen LogP contribution is 2.23. The SMILES string of the molecule is CCOc1cccnc1N(C)CC(C)O. The minimum atomic E-state index is -0.383. The van der Waals surface area contributed by atoms with Crippen LogP contribution in [-0.4, -0.2) is 36.4 Å². The molecule has 4 nitrogen and oxygen atoms in total. The summed E-state index contributed by atoms with van der Waals surface area (Å²) in [5.41, 5.74) is 0. The molecule has 15 heavy (non-hydrogen) atoms. The van der Waals surface area contributed by atoms with Crippen molar-refractivity contribution in [2.75, 3.05) is 25.1 Å². The molecule has 1 rings (SSSR count). The van der Waals surface area contributed by atoms with Gasteiger partial charge in [0.05, 0.1) is 12.7 Å². The summed E-state index contributed by atoms with van der Waals surface area (Å²) in [5.74, 6) is 1.52. The standard InChI is InChI=1S/C11H18N2O2/c1-4-15-10-6-5-7-12-11(10)13(3)8-9(2)14/h5-7,9,14H,4,8H2,1-3H3. The van der Waals surface area contributed by atoms with Crippen LogP contribution in [0.25, 0.3) is 0 Å². The molecule has 0 saturated carbocycles. The van der Waals surface area contributed by atoms with Gasteiger partial charge in [0.15, 0.2) is 11.6 Å². The van der Waals surface area contributed by atoms with Gasteiger partial charge in [-0.3, -0.25) is 0 Å². The monoisotopic (exact) mass is 210 g/mol. The van der Waals surface area contributed by atoms with Crippen LogP contribution in [0.5, 0.6) is 5.75 Å². The third-order valence-corrected chi connectivity index (χ3v) is 1.95. The van der Waals surface area contributed by atoms with Gasteiger partial charge in [0.2, 0.25) is 0 Å². The maximum absolute atomic E-state index is 9.29. The first-order valence-electron chi connectivity index (χ1n) is 5.12. The van der Waals surface area contributed by atoms with Gasteiger partial charge in [-0.05, 0) is 26.0 Å². The Morgan fingerprint density at radius 2 is 2.33 bits per heavy atom. The van der Waals surface area contributed by atoms with Gasteiger partial charge in [-0.1, -0.05) is 0 Å². The number of likely N-dealkylation sites (N-methyl/N-ethyl adjacent to an activating group) is 1. The van der Waals surface area contributed by atoms with E-state index in [9.17, 15) is 5.11 Å². The van der Waals surface area contributed by atoms with E-state index in [0.29, 0.717) is 13.2 Å². The number of aliphatic hydroxyl groups excluding tert-OH is 1. The third-order valence-electron chi connectivity index (χ3n) is 1.95. The van der Waals surface area contributed by atoms with E-state index in [1.54, 1.807) is 13.1 Å². The van der Waals surface area contributed by atoms with E-state index in [2.05, 4.69) is 4.98 Å². The van der Waals surface area contributed by atoms with Gasteiger partial charge in [-0.25, -0.2) is 4.98 Å². The van der Waals surface area contributed by atoms with Crippen molar-refractivity contribution >= 4 is 5.82 Å². The van der Waals surface area contributed by atoms with Crippen molar-refractivity contribution in [3.8, 4) is 5.75 Å². The molecule has 1 aromatic rings. The molecule has 0 fully saturated rings. The molecule has 0 saturated heterocycles. The largest absolute Gasteiger partial charge is 0.490 e. The van der Waals surface area contributed by atoms with Gasteiger partial charge in [0.25, 0.3) is 0 Å². The first-order valence-corrected chi connectivity index (χ1v) is 5.12. The van der Waals surface area contributed by atoms with Gasteiger partial charge in [-0.15, -0.1) is 0 Å². The number of pyridine rings is 1. The highest BCUT2D eigenvalue weighted by Gasteiger charge is 2.10. The van der Waals surface area contributed by atoms with E-state index in [-0.39, 0.29) is 6.10 Å². The maximum Gasteiger partial charge on any atom is 0.171 e. The summed E-state index contributed by atoms with van der Waals surface area (Å²) in [5, 5.41) is 9.29. The molecule has 0 aliphatic heterocycles. The van der Waals surface area contributed by atoms with Crippen molar-refractivity contribution in [2.45, 2.75) is 20.0 Å². The first-order chi connectivity index (χ1) is 7.15. The van der Waals surface area contributed by atoms with Gasteiger partial charge >= 0.3 is 0 Å². The lowest BCUT2D eigenvalue weighted by atomic mass is 10.3. The fourth-order valence-corrected chi connectivity index (χ4v) is 1.42. The number of hydrogen-bond acceptors (Lipinski definition) is 4. The summed E-state index contributed by atoms with van der Waals surface area (Å²) in [6, 6.07) is 3.72. The van der Waals surface area contributed by atoms with E-state index < -0.39 is 0 Å². The van der Waals surface area contributed by atoms with Crippen LogP contribution in [0.15, 0.2) is 18.3 Å². The molecule has 4 heteroatoms. The molecule has 1 heterocycles. The smallest absolute Gasteiger partial charge is 0.171 e. The van der Waals surface area contributed by atoms with E-state index in [0.717, 1.165) is 11.6 Å². The number of aromatic nitrogens is 1. The van der Waals surface area contributed by atoms with E-state index in [1.165, 1.54) is 0 Å². The van der Waals surface area contributed by atoms with E-state index >= 15 is 0 Å². The fourth-order valence-electron chi connectivity index (χ4n) is 1.42. The van der Waals surface area contributed by atoms with Crippen LogP contribution in [0.3, 0.4) is 0 Å². The van der Waals surface area contributed by atoms with Crippen LogP contribution >= 0.6 is 0 Å². The summed E-state index contributed by atoms with van der Waals surface area (Å²) < 4.78 is 5.45. The second-order valence-corrected chi connectivity index (χ2v) is 3.49. The Morgan fingerprint density at radius 3 is 2.93 bits per heavy atom. The summed E-state index contributed by atoms with van der Waals surface area (Å²) >= 11 is 0. The Kier molecular flexibility index (Phi) is 4.37. The Bertz CT molecular complexity index is 302. The van der Waals surface area contributed by atoms with Gasteiger partial charge in [-0.2, -0.15) is 0 Å². The van der Waals surface area contributed by atoms with Crippen LogP contribution in [0.1, 0.15) is 13.8 Å². The normalized spacial score (nSPS) is 12.3. The quantitative estimate of drug-likeness (QED) is 0.795. The molecular formula is C11H18N2O2. The summed E-state index contributed by atoms with van der Waals surface area (Å²) in [6.07, 6.45) is 1.34. The van der Waals surface area contributed by atoms with Gasteiger partial charge < -0.3 is 14.7 Å². The average Bonchev–Trinajstić information content (AvgIpc) is 2.18. The molecule has 0 aromatic carbocycles. The number of nitrogens with zero attached hydrogens (tertiary/aromatic N) is 2. The molecular weight excluding hydrogens is 192 g/mol. The van der Waals surface area contributed by atoms with Crippen molar-refractivity contribution in [1.29, 1.82) is 0 Å². The zero-order valence-electron chi connectivity index (χ0n) is 9.47. The van der Waals surface area contributed by atoms with Crippen molar-refractivity contribution < 1.29 is 9.84 Å². The Morgan fingerprint density at radius 1 is 1.60 bits per heavy atom. The first kappa shape index (κ1) is 11.8. The Balaban J connectivity index is 2.81. The predicted molar refractivity (Wildman–Crippen MR) is 60.4 cm³/mol. The number of aliphatic hydroxyl groups is 1. The Labute approximate surface area is 90.5 Å². The highest BCUT2D eigenvalue weighted by atomic mass is 16.5. The van der Waals surface area contributed by atoms with Crippen molar-refractivity contribution in [2.24, 2.45) is 0 Å². The molecule has 1 unspecified atom stereocenters. The molecule has 0 radical (unpaired) electrons. The number of ether oxygens (including phenoxy) is 1. The zero-order valence-corrected chi connectivity index (χ0v) is 9.47. The number of anilines is 1. The summed E-state index contributed by atoms with van der Waals surface area (Å²) in [6.45, 7) is 4.84. The third kappa shape index (κ3) is 3.40. The molecule has 0 bridgehead atoms. The minimum absolute atomic E-state index is 0.383. The lowest BCUT2D eigenvalue weighted by Crippen LogP contribution is -2.28. The van der Waals surface area contributed by atoms with Gasteiger partial charge in [0.1, 0.15) is 0 Å². The molecule has 0 spiro atoms.